The normalized spacial score (nSPS) is 9.50. The minimum absolute atomic E-state index is 0. The van der Waals surface area contributed by atoms with Gasteiger partial charge in [0.2, 0.25) is 0 Å². The topological polar surface area (TPSA) is 38.9 Å². The molecule has 0 unspecified atom stereocenters. The number of thiophene rings is 1. The van der Waals surface area contributed by atoms with E-state index in [0.29, 0.717) is 10.0 Å². The van der Waals surface area contributed by atoms with Crippen molar-refractivity contribution in [2.24, 2.45) is 0 Å². The lowest BCUT2D eigenvalue weighted by Crippen LogP contribution is -1.80. The number of pyridine rings is 1. The first kappa shape index (κ1) is 11.3. The van der Waals surface area contributed by atoms with E-state index < -0.39 is 0 Å². The quantitative estimate of drug-likeness (QED) is 0.837. The number of hydrogen-bond acceptors (Lipinski definition) is 3. The third-order valence-electron chi connectivity index (χ3n) is 1.75. The van der Waals surface area contributed by atoms with Crippen LogP contribution in [0.25, 0.3) is 11.1 Å². The first-order valence-corrected chi connectivity index (χ1v) is 4.97. The molecule has 0 spiro atoms. The van der Waals surface area contributed by atoms with Gasteiger partial charge in [-0.05, 0) is 17.7 Å². The Morgan fingerprint density at radius 2 is 1.93 bits per heavy atom. The Balaban J connectivity index is 0.000000980. The van der Waals surface area contributed by atoms with Gasteiger partial charge in [0.15, 0.2) is 0 Å². The number of rotatable bonds is 1. The van der Waals surface area contributed by atoms with Crippen LogP contribution in [0.2, 0.25) is 5.02 Å². The molecule has 2 N–H and O–H groups in total. The van der Waals surface area contributed by atoms with E-state index in [0.717, 1.165) is 11.1 Å². The molecular formula is C9H8Cl2N2S. The van der Waals surface area contributed by atoms with Gasteiger partial charge < -0.3 is 5.73 Å². The van der Waals surface area contributed by atoms with Crippen molar-refractivity contribution in [1.29, 1.82) is 0 Å². The first-order valence-electron chi connectivity index (χ1n) is 3.72. The fraction of sp³-hybridized carbons (Fsp3) is 0. The molecule has 0 aromatic carbocycles. The highest BCUT2D eigenvalue weighted by atomic mass is 35.5. The van der Waals surface area contributed by atoms with Crippen molar-refractivity contribution in [2.45, 2.75) is 0 Å². The summed E-state index contributed by atoms with van der Waals surface area (Å²) in [6.45, 7) is 0. The Hall–Kier alpha value is -0.770. The van der Waals surface area contributed by atoms with Gasteiger partial charge in [-0.1, -0.05) is 11.6 Å². The van der Waals surface area contributed by atoms with Crippen LogP contribution in [0.5, 0.6) is 0 Å². The van der Waals surface area contributed by atoms with Crippen molar-refractivity contribution in [2.75, 3.05) is 5.73 Å². The standard InChI is InChI=1S/C9H7ClN2S.ClH/c10-8-7(5-13-9(8)11)6-1-3-12-4-2-6;/h1-5H,11H2;1H. The zero-order valence-electron chi connectivity index (χ0n) is 7.11. The summed E-state index contributed by atoms with van der Waals surface area (Å²) in [5.41, 5.74) is 7.68. The molecule has 0 atom stereocenters. The maximum absolute atomic E-state index is 6.01. The molecule has 74 valence electrons. The van der Waals surface area contributed by atoms with Crippen molar-refractivity contribution >= 4 is 40.3 Å². The molecular weight excluding hydrogens is 239 g/mol. The van der Waals surface area contributed by atoms with E-state index in [4.69, 9.17) is 17.3 Å². The van der Waals surface area contributed by atoms with Crippen LogP contribution < -0.4 is 5.73 Å². The molecule has 0 fully saturated rings. The average Bonchev–Trinajstić information content (AvgIpc) is 2.49. The molecule has 2 heterocycles. The lowest BCUT2D eigenvalue weighted by molar-refractivity contribution is 1.33. The van der Waals surface area contributed by atoms with Crippen molar-refractivity contribution in [3.8, 4) is 11.1 Å². The SMILES string of the molecule is Cl.Nc1scc(-c2ccncc2)c1Cl. The predicted octanol–water partition coefficient (Wildman–Crippen LogP) is 3.47. The molecule has 5 heteroatoms. The lowest BCUT2D eigenvalue weighted by atomic mass is 10.1. The maximum Gasteiger partial charge on any atom is 0.105 e. The van der Waals surface area contributed by atoms with Crippen LogP contribution in [0.3, 0.4) is 0 Å². The van der Waals surface area contributed by atoms with Gasteiger partial charge >= 0.3 is 0 Å². The van der Waals surface area contributed by atoms with Crippen LogP contribution in [0, 0.1) is 0 Å². The van der Waals surface area contributed by atoms with Gasteiger partial charge in [0, 0.05) is 23.3 Å². The number of nitrogens with zero attached hydrogens (tertiary/aromatic N) is 1. The van der Waals surface area contributed by atoms with Gasteiger partial charge in [-0.15, -0.1) is 23.7 Å². The van der Waals surface area contributed by atoms with E-state index in [-0.39, 0.29) is 12.4 Å². The predicted molar refractivity (Wildman–Crippen MR) is 64.2 cm³/mol. The highest BCUT2D eigenvalue weighted by Gasteiger charge is 2.07. The summed E-state index contributed by atoms with van der Waals surface area (Å²) in [5.74, 6) is 0. The van der Waals surface area contributed by atoms with E-state index in [2.05, 4.69) is 4.98 Å². The molecule has 0 aliphatic rings. The number of halogens is 2. The summed E-state index contributed by atoms with van der Waals surface area (Å²) < 4.78 is 0. The fourth-order valence-corrected chi connectivity index (χ4v) is 2.16. The molecule has 14 heavy (non-hydrogen) atoms. The second-order valence-electron chi connectivity index (χ2n) is 2.56. The molecule has 2 aromatic rings. The van der Waals surface area contributed by atoms with Gasteiger partial charge in [0.25, 0.3) is 0 Å². The van der Waals surface area contributed by atoms with Gasteiger partial charge in [0.05, 0.1) is 5.02 Å². The first-order chi connectivity index (χ1) is 6.29. The summed E-state index contributed by atoms with van der Waals surface area (Å²) >= 11 is 7.46. The van der Waals surface area contributed by atoms with Crippen LogP contribution >= 0.6 is 35.3 Å². The summed E-state index contributed by atoms with van der Waals surface area (Å²) in [4.78, 5) is 3.94. The number of anilines is 1. The lowest BCUT2D eigenvalue weighted by Gasteiger charge is -1.97. The van der Waals surface area contributed by atoms with Gasteiger partial charge in [-0.25, -0.2) is 0 Å². The molecule has 0 amide bonds. The van der Waals surface area contributed by atoms with E-state index in [1.807, 2.05) is 17.5 Å². The summed E-state index contributed by atoms with van der Waals surface area (Å²) in [7, 11) is 0. The summed E-state index contributed by atoms with van der Waals surface area (Å²) in [5, 5.41) is 3.25. The third-order valence-corrected chi connectivity index (χ3v) is 3.08. The average molecular weight is 247 g/mol. The Kier molecular flexibility index (Phi) is 3.75. The van der Waals surface area contributed by atoms with Crippen molar-refractivity contribution < 1.29 is 0 Å². The molecule has 0 aliphatic carbocycles. The maximum atomic E-state index is 6.01. The Morgan fingerprint density at radius 1 is 1.29 bits per heavy atom. The van der Waals surface area contributed by atoms with Gasteiger partial charge in [0.1, 0.15) is 5.00 Å². The monoisotopic (exact) mass is 246 g/mol. The second kappa shape index (κ2) is 4.64. The molecule has 2 nitrogen and oxygen atoms in total. The minimum atomic E-state index is 0. The van der Waals surface area contributed by atoms with Crippen molar-refractivity contribution in [1.82, 2.24) is 4.98 Å². The molecule has 0 bridgehead atoms. The largest absolute Gasteiger partial charge is 0.389 e. The summed E-state index contributed by atoms with van der Waals surface area (Å²) in [6, 6.07) is 3.82. The van der Waals surface area contributed by atoms with Gasteiger partial charge in [-0.3, -0.25) is 4.98 Å². The molecule has 2 rings (SSSR count). The smallest absolute Gasteiger partial charge is 0.105 e. The van der Waals surface area contributed by atoms with E-state index in [1.165, 1.54) is 11.3 Å². The minimum Gasteiger partial charge on any atom is -0.389 e. The second-order valence-corrected chi connectivity index (χ2v) is 3.85. The van der Waals surface area contributed by atoms with Crippen molar-refractivity contribution in [3.05, 3.63) is 34.9 Å². The number of nitrogens with two attached hydrogens (primary N) is 1. The van der Waals surface area contributed by atoms with E-state index in [1.54, 1.807) is 12.4 Å². The molecule has 0 radical (unpaired) electrons. The summed E-state index contributed by atoms with van der Waals surface area (Å²) in [6.07, 6.45) is 3.47. The number of aromatic nitrogens is 1. The number of hydrogen-bond donors (Lipinski definition) is 1. The van der Waals surface area contributed by atoms with Crippen LogP contribution in [-0.2, 0) is 0 Å². The van der Waals surface area contributed by atoms with E-state index >= 15 is 0 Å². The van der Waals surface area contributed by atoms with Gasteiger partial charge in [-0.2, -0.15) is 0 Å². The Labute approximate surface area is 97.1 Å². The van der Waals surface area contributed by atoms with E-state index in [9.17, 15) is 0 Å². The fourth-order valence-electron chi connectivity index (χ4n) is 1.08. The molecule has 2 aromatic heterocycles. The zero-order valence-corrected chi connectivity index (χ0v) is 9.49. The Morgan fingerprint density at radius 3 is 2.43 bits per heavy atom. The van der Waals surface area contributed by atoms with Crippen molar-refractivity contribution in [3.63, 3.8) is 0 Å². The third kappa shape index (κ3) is 2.00. The number of nitrogen functional groups attached to an aromatic ring is 1. The zero-order chi connectivity index (χ0) is 9.26. The van der Waals surface area contributed by atoms with Crippen LogP contribution in [-0.4, -0.2) is 4.98 Å². The highest BCUT2D eigenvalue weighted by molar-refractivity contribution is 7.15. The van der Waals surface area contributed by atoms with Crippen LogP contribution in [0.15, 0.2) is 29.9 Å². The molecule has 0 saturated carbocycles. The van der Waals surface area contributed by atoms with Crippen LogP contribution in [0.4, 0.5) is 5.00 Å². The molecule has 0 saturated heterocycles. The van der Waals surface area contributed by atoms with Crippen LogP contribution in [0.1, 0.15) is 0 Å². The Bertz CT molecular complexity index is 414. The molecule has 0 aliphatic heterocycles. The highest BCUT2D eigenvalue weighted by Crippen LogP contribution is 2.37.